The second-order valence-electron chi connectivity index (χ2n) is 8.37. The Labute approximate surface area is 220 Å². The molecule has 0 aromatic heterocycles. The van der Waals surface area contributed by atoms with Gasteiger partial charge in [0.2, 0.25) is 6.34 Å². The van der Waals surface area contributed by atoms with Crippen molar-refractivity contribution >= 4 is 23.4 Å². The maximum absolute atomic E-state index is 3.64. The molecule has 0 bridgehead atoms. The third-order valence-electron chi connectivity index (χ3n) is 6.32. The molecule has 5 aromatic carbocycles. The van der Waals surface area contributed by atoms with Crippen LogP contribution in [0.25, 0.3) is 33.4 Å². The monoisotopic (exact) mass is 628 g/mol. The van der Waals surface area contributed by atoms with E-state index in [1.807, 2.05) is 18.2 Å². The zero-order valence-electron chi connectivity index (χ0n) is 19.3. The molecule has 3 heteroatoms. The summed E-state index contributed by atoms with van der Waals surface area (Å²) in [5, 5.41) is 0. The summed E-state index contributed by atoms with van der Waals surface area (Å²) < 4.78 is 2.08. The molecule has 1 aliphatic heterocycles. The molecule has 0 aliphatic carbocycles. The van der Waals surface area contributed by atoms with Crippen molar-refractivity contribution in [3.8, 4) is 33.4 Å². The molecular formula is C32H23IrN2-. The standard InChI is InChI=1S/C32H23N2.Ir/c1-33-23-34(24-13-3-2-4-14-24)32-22-12-10-20-30(32)28-18-8-6-16-26(28)25-15-5-7-17-27(25)29-19-9-11-21-31(29)33;/h2-13,15-22H,1H3;/q-1;. The van der Waals surface area contributed by atoms with Gasteiger partial charge in [-0.1, -0.05) is 103 Å². The van der Waals surface area contributed by atoms with Crippen molar-refractivity contribution < 1.29 is 24.7 Å². The fourth-order valence-electron chi connectivity index (χ4n) is 4.76. The fraction of sp³-hybridized carbons (Fsp3) is 0.0312. The number of hydrogen-bond donors (Lipinski definition) is 0. The van der Waals surface area contributed by atoms with E-state index in [9.17, 15) is 0 Å². The van der Waals surface area contributed by atoms with Gasteiger partial charge in [0.05, 0.1) is 18.4 Å². The Balaban J connectivity index is 0.00000253. The van der Waals surface area contributed by atoms with E-state index in [0.717, 1.165) is 22.6 Å². The van der Waals surface area contributed by atoms with Crippen LogP contribution in [0.1, 0.15) is 0 Å². The van der Waals surface area contributed by atoms with E-state index < -0.39 is 0 Å². The van der Waals surface area contributed by atoms with Crippen molar-refractivity contribution in [1.29, 1.82) is 0 Å². The fourth-order valence-corrected chi connectivity index (χ4v) is 4.76. The van der Waals surface area contributed by atoms with Crippen molar-refractivity contribution in [2.75, 3.05) is 11.9 Å². The van der Waals surface area contributed by atoms with E-state index >= 15 is 0 Å². The van der Waals surface area contributed by atoms with E-state index in [0.29, 0.717) is 0 Å². The minimum absolute atomic E-state index is 0. The number of hydrogen-bond acceptors (Lipinski definition) is 1. The summed E-state index contributed by atoms with van der Waals surface area (Å²) in [6.45, 7) is 0. The summed E-state index contributed by atoms with van der Waals surface area (Å²) in [5.41, 5.74) is 10.2. The molecule has 5 aromatic rings. The summed E-state index contributed by atoms with van der Waals surface area (Å²) in [4.78, 5) is 2.11. The van der Waals surface area contributed by atoms with Crippen molar-refractivity contribution in [2.45, 2.75) is 0 Å². The molecule has 2 nitrogen and oxygen atoms in total. The summed E-state index contributed by atoms with van der Waals surface area (Å²) in [6, 6.07) is 45.9. The first-order valence-corrected chi connectivity index (χ1v) is 11.5. The van der Waals surface area contributed by atoms with Gasteiger partial charge in [0.1, 0.15) is 0 Å². The van der Waals surface area contributed by atoms with Gasteiger partial charge in [-0.05, 0) is 33.4 Å². The van der Waals surface area contributed by atoms with Crippen LogP contribution in [0.2, 0.25) is 0 Å². The number of benzene rings is 5. The molecule has 0 saturated carbocycles. The van der Waals surface area contributed by atoms with E-state index in [4.69, 9.17) is 0 Å². The summed E-state index contributed by atoms with van der Waals surface area (Å²) in [7, 11) is 2.06. The molecular weight excluding hydrogens is 605 g/mol. The molecule has 0 N–H and O–H groups in total. The second kappa shape index (κ2) is 9.83. The van der Waals surface area contributed by atoms with Crippen molar-refractivity contribution in [1.82, 2.24) is 0 Å². The third-order valence-corrected chi connectivity index (χ3v) is 6.32. The largest absolute Gasteiger partial charge is 0.337 e. The Hall–Kier alpha value is -3.78. The minimum atomic E-state index is 0. The zero-order chi connectivity index (χ0) is 22.9. The van der Waals surface area contributed by atoms with E-state index in [1.165, 1.54) is 27.8 Å². The van der Waals surface area contributed by atoms with Crippen LogP contribution < -0.4 is 4.90 Å². The van der Waals surface area contributed by atoms with Gasteiger partial charge in [0.25, 0.3) is 0 Å². The molecule has 0 saturated heterocycles. The molecule has 35 heavy (non-hydrogen) atoms. The SMILES string of the molecule is C[N+]1=[C-]N(c2[c-]cccc2)c2ccccc2-c2ccccc2-c2ccccc2-c2ccccc21.[Ir]. The van der Waals surface area contributed by atoms with Gasteiger partial charge in [-0.2, -0.15) is 30.3 Å². The van der Waals surface area contributed by atoms with Crippen LogP contribution in [-0.2, 0) is 20.1 Å². The summed E-state index contributed by atoms with van der Waals surface area (Å²) in [6.07, 6.45) is 3.64. The third kappa shape index (κ3) is 4.14. The Morgan fingerprint density at radius 2 is 1.03 bits per heavy atom. The summed E-state index contributed by atoms with van der Waals surface area (Å²) in [5.74, 6) is 0. The molecule has 1 aliphatic rings. The normalized spacial score (nSPS) is 12.0. The van der Waals surface area contributed by atoms with Gasteiger partial charge in [0.15, 0.2) is 0 Å². The topological polar surface area (TPSA) is 6.25 Å². The van der Waals surface area contributed by atoms with Crippen molar-refractivity contribution in [2.24, 2.45) is 0 Å². The van der Waals surface area contributed by atoms with Crippen LogP contribution in [0.15, 0.2) is 121 Å². The molecule has 0 atom stereocenters. The molecule has 171 valence electrons. The first-order chi connectivity index (χ1) is 16.8. The van der Waals surface area contributed by atoms with Crippen molar-refractivity contribution in [3.63, 3.8) is 0 Å². The van der Waals surface area contributed by atoms with Gasteiger partial charge in [-0.25, -0.2) is 0 Å². The van der Waals surface area contributed by atoms with Crippen LogP contribution in [0.4, 0.5) is 17.1 Å². The van der Waals surface area contributed by atoms with E-state index in [1.54, 1.807) is 0 Å². The molecule has 0 amide bonds. The van der Waals surface area contributed by atoms with Gasteiger partial charge < -0.3 is 9.48 Å². The number of anilines is 2. The zero-order valence-corrected chi connectivity index (χ0v) is 21.7. The first-order valence-electron chi connectivity index (χ1n) is 11.5. The molecule has 6 rings (SSSR count). The Morgan fingerprint density at radius 3 is 1.66 bits per heavy atom. The quantitative estimate of drug-likeness (QED) is 0.136. The average molecular weight is 628 g/mol. The Kier molecular flexibility index (Phi) is 6.46. The van der Waals surface area contributed by atoms with Crippen LogP contribution in [0.3, 0.4) is 0 Å². The predicted molar refractivity (Wildman–Crippen MR) is 141 cm³/mol. The molecule has 1 heterocycles. The second-order valence-corrected chi connectivity index (χ2v) is 8.37. The maximum Gasteiger partial charge on any atom is 0.243 e. The summed E-state index contributed by atoms with van der Waals surface area (Å²) >= 11 is 0. The van der Waals surface area contributed by atoms with Gasteiger partial charge in [-0.15, -0.1) is 0 Å². The number of rotatable bonds is 1. The Morgan fingerprint density at radius 1 is 0.543 bits per heavy atom. The first kappa shape index (κ1) is 23.0. The van der Waals surface area contributed by atoms with Crippen LogP contribution in [0, 0.1) is 6.07 Å². The number of nitrogens with zero attached hydrogens (tertiary/aromatic N) is 2. The van der Waals surface area contributed by atoms with Gasteiger partial charge >= 0.3 is 0 Å². The average Bonchev–Trinajstić information content (AvgIpc) is 2.93. The van der Waals surface area contributed by atoms with Crippen LogP contribution in [-0.4, -0.2) is 18.0 Å². The number of para-hydroxylation sites is 3. The van der Waals surface area contributed by atoms with Crippen LogP contribution >= 0.6 is 0 Å². The van der Waals surface area contributed by atoms with E-state index in [-0.39, 0.29) is 20.1 Å². The smallest absolute Gasteiger partial charge is 0.243 e. The van der Waals surface area contributed by atoms with E-state index in [2.05, 4.69) is 132 Å². The minimum Gasteiger partial charge on any atom is -0.337 e. The van der Waals surface area contributed by atoms with Gasteiger partial charge in [-0.3, -0.25) is 0 Å². The predicted octanol–water partition coefficient (Wildman–Crippen LogP) is 7.82. The molecule has 0 unspecified atom stereocenters. The molecule has 0 fully saturated rings. The van der Waals surface area contributed by atoms with Gasteiger partial charge in [0, 0.05) is 20.1 Å². The molecule has 1 radical (unpaired) electrons. The molecule has 0 spiro atoms. The number of fused-ring (bicyclic) bond motifs is 7. The van der Waals surface area contributed by atoms with Crippen LogP contribution in [0.5, 0.6) is 0 Å². The van der Waals surface area contributed by atoms with Crippen molar-refractivity contribution in [3.05, 3.63) is 127 Å². The Bertz CT molecular complexity index is 1520. The maximum atomic E-state index is 3.64.